The van der Waals surface area contributed by atoms with E-state index in [1.165, 1.54) is 12.0 Å². The summed E-state index contributed by atoms with van der Waals surface area (Å²) < 4.78 is 10.5. The van der Waals surface area contributed by atoms with Gasteiger partial charge in [0.25, 0.3) is 0 Å². The summed E-state index contributed by atoms with van der Waals surface area (Å²) in [6.07, 6.45) is 5.60. The fraction of sp³-hybridized carbons (Fsp3) is 0.250. The normalized spacial score (nSPS) is 17.6. The molecule has 2 atom stereocenters. The van der Waals surface area contributed by atoms with E-state index in [1.807, 2.05) is 36.4 Å². The van der Waals surface area contributed by atoms with Gasteiger partial charge in [-0.15, -0.1) is 18.0 Å². The Morgan fingerprint density at radius 3 is 2.65 bits per heavy atom. The fourth-order valence-corrected chi connectivity index (χ4v) is 4.34. The van der Waals surface area contributed by atoms with E-state index in [4.69, 9.17) is 27.5 Å². The van der Waals surface area contributed by atoms with Crippen molar-refractivity contribution in [2.45, 2.75) is 18.5 Å². The predicted octanol–water partition coefficient (Wildman–Crippen LogP) is 3.43. The van der Waals surface area contributed by atoms with Crippen LogP contribution in [0.25, 0.3) is 10.9 Å². The number of hydrogen-bond acceptors (Lipinski definition) is 4. The Morgan fingerprint density at radius 2 is 1.97 bits per heavy atom. The fourth-order valence-electron chi connectivity index (χ4n) is 4.20. The third-order valence-corrected chi connectivity index (χ3v) is 5.75. The SMILES string of the molecule is C#CCOc1ccc([C@H]2c3[nH]c4ccccc4c3C[C@H](C(=O)OC)N2C(=O)CCl)cc1. The Balaban J connectivity index is 1.89. The summed E-state index contributed by atoms with van der Waals surface area (Å²) >= 11 is 5.95. The Hall–Kier alpha value is -3.43. The van der Waals surface area contributed by atoms with Crippen LogP contribution in [0.5, 0.6) is 5.75 Å². The molecule has 0 bridgehead atoms. The summed E-state index contributed by atoms with van der Waals surface area (Å²) in [6.45, 7) is 0.163. The van der Waals surface area contributed by atoms with Gasteiger partial charge in [-0.3, -0.25) is 4.79 Å². The number of terminal acetylenes is 1. The number of nitrogens with one attached hydrogen (secondary N) is 1. The maximum Gasteiger partial charge on any atom is 0.328 e. The smallest absolute Gasteiger partial charge is 0.328 e. The van der Waals surface area contributed by atoms with E-state index in [2.05, 4.69) is 10.9 Å². The van der Waals surface area contributed by atoms with Gasteiger partial charge >= 0.3 is 5.97 Å². The highest BCUT2D eigenvalue weighted by atomic mass is 35.5. The second-order valence-electron chi connectivity index (χ2n) is 7.20. The molecule has 31 heavy (non-hydrogen) atoms. The zero-order valence-electron chi connectivity index (χ0n) is 16.9. The lowest BCUT2D eigenvalue weighted by atomic mass is 9.88. The van der Waals surface area contributed by atoms with E-state index >= 15 is 0 Å². The molecule has 0 unspecified atom stereocenters. The molecule has 1 N–H and O–H groups in total. The molecule has 0 radical (unpaired) electrons. The molecule has 2 heterocycles. The number of nitrogens with zero attached hydrogens (tertiary/aromatic N) is 1. The summed E-state index contributed by atoms with van der Waals surface area (Å²) in [6, 6.07) is 13.9. The zero-order valence-corrected chi connectivity index (χ0v) is 17.7. The first-order chi connectivity index (χ1) is 15.1. The van der Waals surface area contributed by atoms with Crippen molar-refractivity contribution in [3.63, 3.8) is 0 Å². The largest absolute Gasteiger partial charge is 0.481 e. The average molecular weight is 437 g/mol. The number of esters is 1. The molecule has 0 fully saturated rings. The van der Waals surface area contributed by atoms with Gasteiger partial charge in [-0.25, -0.2) is 4.79 Å². The lowest BCUT2D eigenvalue weighted by molar-refractivity contribution is -0.154. The maximum absolute atomic E-state index is 12.9. The van der Waals surface area contributed by atoms with Crippen molar-refractivity contribution in [1.82, 2.24) is 9.88 Å². The van der Waals surface area contributed by atoms with Crippen molar-refractivity contribution >= 4 is 34.4 Å². The Bertz CT molecular complexity index is 1160. The molecule has 7 heteroatoms. The number of para-hydroxylation sites is 1. The summed E-state index contributed by atoms with van der Waals surface area (Å²) in [5.41, 5.74) is 3.60. The quantitative estimate of drug-likeness (QED) is 0.378. The van der Waals surface area contributed by atoms with Crippen LogP contribution in [0.1, 0.15) is 22.9 Å². The highest BCUT2D eigenvalue weighted by Crippen LogP contribution is 2.41. The Morgan fingerprint density at radius 1 is 1.23 bits per heavy atom. The number of benzene rings is 2. The molecule has 4 rings (SSSR count). The molecule has 2 aromatic carbocycles. The van der Waals surface area contributed by atoms with E-state index in [0.717, 1.165) is 27.7 Å². The maximum atomic E-state index is 12.9. The molecular weight excluding hydrogens is 416 g/mol. The van der Waals surface area contributed by atoms with Gasteiger partial charge in [0.05, 0.1) is 13.2 Å². The van der Waals surface area contributed by atoms with E-state index in [-0.39, 0.29) is 18.4 Å². The lowest BCUT2D eigenvalue weighted by Gasteiger charge is -2.40. The standard InChI is InChI=1S/C24H21ClN2O4/c1-3-12-31-16-10-8-15(9-11-16)23-22-18(17-6-4-5-7-19(17)26-22)13-20(24(29)30-2)27(23)21(28)14-25/h1,4-11,20,23,26H,12-14H2,2H3/t20-,23+/m1/s1. The molecule has 6 nitrogen and oxygen atoms in total. The molecule has 0 aliphatic carbocycles. The predicted molar refractivity (Wildman–Crippen MR) is 118 cm³/mol. The second-order valence-corrected chi connectivity index (χ2v) is 7.47. The van der Waals surface area contributed by atoms with Crippen LogP contribution in [0.2, 0.25) is 0 Å². The number of alkyl halides is 1. The Kier molecular flexibility index (Phi) is 5.88. The number of aromatic amines is 1. The molecule has 158 valence electrons. The Labute approximate surface area is 185 Å². The van der Waals surface area contributed by atoms with Crippen molar-refractivity contribution in [1.29, 1.82) is 0 Å². The molecule has 0 saturated carbocycles. The van der Waals surface area contributed by atoms with Crippen molar-refractivity contribution < 1.29 is 19.1 Å². The van der Waals surface area contributed by atoms with Gasteiger partial charge in [0.1, 0.15) is 24.3 Å². The van der Waals surface area contributed by atoms with Crippen LogP contribution in [0.3, 0.4) is 0 Å². The number of H-pyrrole nitrogens is 1. The third kappa shape index (κ3) is 3.73. The zero-order chi connectivity index (χ0) is 22.0. The van der Waals surface area contributed by atoms with Crippen LogP contribution >= 0.6 is 11.6 Å². The van der Waals surface area contributed by atoms with Crippen molar-refractivity contribution in [3.8, 4) is 18.1 Å². The number of hydrogen-bond donors (Lipinski definition) is 1. The third-order valence-electron chi connectivity index (χ3n) is 5.53. The molecule has 0 spiro atoms. The number of rotatable bonds is 5. The van der Waals surface area contributed by atoms with Crippen molar-refractivity contribution in [2.24, 2.45) is 0 Å². The second kappa shape index (κ2) is 8.75. The first-order valence-corrected chi connectivity index (χ1v) is 10.3. The summed E-state index contributed by atoms with van der Waals surface area (Å²) in [4.78, 5) is 30.6. The van der Waals surface area contributed by atoms with Gasteiger partial charge in [0.2, 0.25) is 5.91 Å². The summed E-state index contributed by atoms with van der Waals surface area (Å²) in [5, 5.41) is 1.02. The number of ether oxygens (including phenoxy) is 2. The van der Waals surface area contributed by atoms with Crippen LogP contribution in [0, 0.1) is 12.3 Å². The number of amides is 1. The molecular formula is C24H21ClN2O4. The first kappa shape index (κ1) is 20.8. The summed E-state index contributed by atoms with van der Waals surface area (Å²) in [5.74, 6) is 1.98. The van der Waals surface area contributed by atoms with Crippen LogP contribution < -0.4 is 4.74 Å². The first-order valence-electron chi connectivity index (χ1n) is 9.79. The molecule has 1 amide bonds. The van der Waals surface area contributed by atoms with Crippen LogP contribution in [-0.4, -0.2) is 47.4 Å². The highest BCUT2D eigenvalue weighted by molar-refractivity contribution is 6.27. The average Bonchev–Trinajstić information content (AvgIpc) is 3.19. The molecule has 3 aromatic rings. The lowest BCUT2D eigenvalue weighted by Crippen LogP contribution is -2.52. The number of aromatic nitrogens is 1. The molecule has 0 saturated heterocycles. The molecule has 1 aliphatic heterocycles. The van der Waals surface area contributed by atoms with Crippen LogP contribution in [-0.2, 0) is 20.7 Å². The highest BCUT2D eigenvalue weighted by Gasteiger charge is 2.43. The van der Waals surface area contributed by atoms with Crippen LogP contribution in [0.4, 0.5) is 0 Å². The van der Waals surface area contributed by atoms with Crippen molar-refractivity contribution in [2.75, 3.05) is 19.6 Å². The van der Waals surface area contributed by atoms with E-state index < -0.39 is 18.1 Å². The number of carbonyl (C=O) groups excluding carboxylic acids is 2. The topological polar surface area (TPSA) is 71.6 Å². The monoisotopic (exact) mass is 436 g/mol. The minimum Gasteiger partial charge on any atom is -0.481 e. The van der Waals surface area contributed by atoms with E-state index in [1.54, 1.807) is 12.1 Å². The number of halogens is 1. The van der Waals surface area contributed by atoms with Crippen molar-refractivity contribution in [3.05, 3.63) is 65.4 Å². The minimum absolute atomic E-state index is 0.163. The number of carbonyl (C=O) groups is 2. The van der Waals surface area contributed by atoms with Gasteiger partial charge < -0.3 is 19.4 Å². The van der Waals surface area contributed by atoms with Gasteiger partial charge in [-0.05, 0) is 29.3 Å². The summed E-state index contributed by atoms with van der Waals surface area (Å²) in [7, 11) is 1.32. The molecule has 1 aliphatic rings. The van der Waals surface area contributed by atoms with Gasteiger partial charge in [-0.1, -0.05) is 36.3 Å². The minimum atomic E-state index is -0.787. The van der Waals surface area contributed by atoms with Crippen LogP contribution in [0.15, 0.2) is 48.5 Å². The molecule has 1 aromatic heterocycles. The van der Waals surface area contributed by atoms with E-state index in [9.17, 15) is 9.59 Å². The van der Waals surface area contributed by atoms with Gasteiger partial charge in [0, 0.05) is 23.0 Å². The number of methoxy groups -OCH3 is 1. The number of fused-ring (bicyclic) bond motifs is 3. The van der Waals surface area contributed by atoms with E-state index in [0.29, 0.717) is 12.2 Å². The van der Waals surface area contributed by atoms with Gasteiger partial charge in [-0.2, -0.15) is 0 Å². The van der Waals surface area contributed by atoms with Gasteiger partial charge in [0.15, 0.2) is 0 Å².